The Morgan fingerprint density at radius 3 is 0.952 bits per heavy atom. The maximum atomic E-state index is 2.40. The maximum absolute atomic E-state index is 2.90. The molecular formula is C80H61N3Si. The smallest absolute Gasteiger partial charge is 0.179 e. The Bertz CT molecular complexity index is 4490. The van der Waals surface area contributed by atoms with Crippen molar-refractivity contribution in [2.24, 2.45) is 0 Å². The highest BCUT2D eigenvalue weighted by Gasteiger charge is 2.41. The van der Waals surface area contributed by atoms with Gasteiger partial charge in [-0.3, -0.25) is 0 Å². The maximum Gasteiger partial charge on any atom is 0.179 e. The third kappa shape index (κ3) is 9.68. The number of anilines is 5. The summed E-state index contributed by atoms with van der Waals surface area (Å²) in [6.07, 6.45) is 0. The molecule has 0 aliphatic rings. The molecule has 0 fully saturated rings. The highest BCUT2D eigenvalue weighted by atomic mass is 28.3. The van der Waals surface area contributed by atoms with E-state index in [1.165, 1.54) is 87.1 Å². The van der Waals surface area contributed by atoms with Crippen molar-refractivity contribution in [3.8, 4) is 50.2 Å². The molecule has 13 aromatic carbocycles. The molecule has 0 N–H and O–H groups in total. The third-order valence-electron chi connectivity index (χ3n) is 16.9. The molecule has 0 unspecified atom stereocenters. The van der Waals surface area contributed by atoms with E-state index < -0.39 is 8.07 Å². The zero-order chi connectivity index (χ0) is 56.4. The lowest BCUT2D eigenvalue weighted by Gasteiger charge is -2.35. The lowest BCUT2D eigenvalue weighted by atomic mass is 9.99. The molecule has 0 aliphatic heterocycles. The van der Waals surface area contributed by atoms with Crippen LogP contribution in [0.5, 0.6) is 0 Å². The first kappa shape index (κ1) is 51.6. The number of rotatable bonds is 14. The number of aromatic nitrogens is 1. The minimum Gasteiger partial charge on any atom is -0.345 e. The van der Waals surface area contributed by atoms with Gasteiger partial charge in [-0.2, -0.15) is 0 Å². The van der Waals surface area contributed by atoms with Crippen LogP contribution in [0.4, 0.5) is 28.4 Å². The van der Waals surface area contributed by atoms with Gasteiger partial charge in [0.15, 0.2) is 8.07 Å². The van der Waals surface area contributed by atoms with E-state index in [-0.39, 0.29) is 0 Å². The minimum absolute atomic E-state index is 1.08. The van der Waals surface area contributed by atoms with Gasteiger partial charge in [0.1, 0.15) is 0 Å². The topological polar surface area (TPSA) is 11.4 Å². The number of benzene rings is 13. The first-order valence-corrected chi connectivity index (χ1v) is 30.9. The van der Waals surface area contributed by atoms with Gasteiger partial charge in [0, 0.05) is 51.9 Å². The van der Waals surface area contributed by atoms with E-state index in [1.807, 2.05) is 0 Å². The van der Waals surface area contributed by atoms with E-state index in [0.717, 1.165) is 39.7 Å². The first-order valence-electron chi connectivity index (χ1n) is 28.9. The summed E-state index contributed by atoms with van der Waals surface area (Å²) < 4.78 is 2.40. The van der Waals surface area contributed by atoms with Crippen LogP contribution in [-0.4, -0.2) is 19.7 Å². The predicted octanol–water partition coefficient (Wildman–Crippen LogP) is 18.4. The van der Waals surface area contributed by atoms with Crippen molar-refractivity contribution in [2.45, 2.75) is 6.92 Å². The average molecular weight is 1090 g/mol. The summed E-state index contributed by atoms with van der Waals surface area (Å²) in [5.41, 5.74) is 19.8. The van der Waals surface area contributed by atoms with Gasteiger partial charge in [0.2, 0.25) is 0 Å². The van der Waals surface area contributed by atoms with Gasteiger partial charge in [0.25, 0.3) is 0 Å². The molecular weight excluding hydrogens is 1030 g/mol. The second-order valence-corrected chi connectivity index (χ2v) is 25.7. The molecule has 0 radical (unpaired) electrons. The molecule has 3 nitrogen and oxygen atoms in total. The zero-order valence-corrected chi connectivity index (χ0v) is 48.1. The number of nitrogens with zero attached hydrogens (tertiary/aromatic N) is 3. The van der Waals surface area contributed by atoms with E-state index in [9.17, 15) is 0 Å². The fourth-order valence-electron chi connectivity index (χ4n) is 12.5. The monoisotopic (exact) mass is 1090 g/mol. The van der Waals surface area contributed by atoms with Crippen LogP contribution in [0.1, 0.15) is 5.56 Å². The molecule has 0 saturated carbocycles. The predicted molar refractivity (Wildman–Crippen MR) is 360 cm³/mol. The van der Waals surface area contributed by atoms with Crippen molar-refractivity contribution in [3.63, 3.8) is 0 Å². The second kappa shape index (κ2) is 22.4. The van der Waals surface area contributed by atoms with Crippen LogP contribution in [0.25, 0.3) is 72.0 Å². The summed E-state index contributed by atoms with van der Waals surface area (Å²) in [6.45, 7) is 2.14. The van der Waals surface area contributed by atoms with E-state index in [4.69, 9.17) is 0 Å². The second-order valence-electron chi connectivity index (χ2n) is 21.8. The lowest BCUT2D eigenvalue weighted by molar-refractivity contribution is 1.18. The number of aryl methyl sites for hydroxylation is 1. The number of fused-ring (bicyclic) bond motifs is 3. The van der Waals surface area contributed by atoms with Gasteiger partial charge < -0.3 is 14.4 Å². The van der Waals surface area contributed by atoms with Crippen molar-refractivity contribution < 1.29 is 0 Å². The summed E-state index contributed by atoms with van der Waals surface area (Å²) >= 11 is 0. The highest BCUT2D eigenvalue weighted by Crippen LogP contribution is 2.40. The normalized spacial score (nSPS) is 11.5. The molecule has 4 heteroatoms. The van der Waals surface area contributed by atoms with Crippen molar-refractivity contribution in [3.05, 3.63) is 339 Å². The summed E-state index contributed by atoms with van der Waals surface area (Å²) in [4.78, 5) is 4.68. The summed E-state index contributed by atoms with van der Waals surface area (Å²) in [5, 5.41) is 7.76. The number of hydrogen-bond acceptors (Lipinski definition) is 2. The van der Waals surface area contributed by atoms with Gasteiger partial charge in [-0.05, 0) is 169 Å². The fraction of sp³-hybridized carbons (Fsp3) is 0.0250. The van der Waals surface area contributed by atoms with Crippen molar-refractivity contribution >= 4 is 79.1 Å². The summed E-state index contributed by atoms with van der Waals surface area (Å²) in [5.74, 6) is 0. The Morgan fingerprint density at radius 1 is 0.262 bits per heavy atom. The van der Waals surface area contributed by atoms with Crippen LogP contribution >= 0.6 is 0 Å². The molecule has 400 valence electrons. The minimum atomic E-state index is -2.90. The zero-order valence-electron chi connectivity index (χ0n) is 47.1. The van der Waals surface area contributed by atoms with Gasteiger partial charge in [0.05, 0.1) is 11.0 Å². The van der Waals surface area contributed by atoms with Gasteiger partial charge >= 0.3 is 0 Å². The fourth-order valence-corrected chi connectivity index (χ4v) is 17.2. The Labute approximate surface area is 493 Å². The molecule has 14 rings (SSSR count). The van der Waals surface area contributed by atoms with Crippen molar-refractivity contribution in [2.75, 3.05) is 16.8 Å². The van der Waals surface area contributed by atoms with E-state index in [2.05, 4.69) is 362 Å². The lowest BCUT2D eigenvalue weighted by Crippen LogP contribution is -2.74. The van der Waals surface area contributed by atoms with Gasteiger partial charge in [-0.15, -0.1) is 0 Å². The van der Waals surface area contributed by atoms with E-state index in [1.54, 1.807) is 0 Å². The first-order chi connectivity index (χ1) is 41.5. The molecule has 0 spiro atoms. The molecule has 14 aromatic rings. The van der Waals surface area contributed by atoms with Crippen LogP contribution < -0.4 is 30.5 Å². The van der Waals surface area contributed by atoms with Gasteiger partial charge in [-0.1, -0.05) is 242 Å². The molecule has 0 atom stereocenters. The van der Waals surface area contributed by atoms with Crippen LogP contribution in [-0.2, 0) is 0 Å². The summed E-state index contributed by atoms with van der Waals surface area (Å²) in [6, 6.07) is 123. The van der Waals surface area contributed by atoms with Crippen LogP contribution in [0.15, 0.2) is 334 Å². The van der Waals surface area contributed by atoms with Crippen LogP contribution in [0.3, 0.4) is 0 Å². The number of para-hydroxylation sites is 1. The highest BCUT2D eigenvalue weighted by molar-refractivity contribution is 7.19. The molecule has 0 bridgehead atoms. The molecule has 0 saturated heterocycles. The van der Waals surface area contributed by atoms with Crippen LogP contribution in [0, 0.1) is 6.92 Å². The Morgan fingerprint density at radius 2 is 0.548 bits per heavy atom. The molecule has 0 amide bonds. The molecule has 1 aromatic heterocycles. The SMILES string of the molecule is Cc1ccc(-c2ccc3c(c2)c2cc(-c4ccc(N(c5ccc(-c6ccccc6)cc5)c5ccc([Si](c6ccccc6)(c6ccccc6)c6ccc(N(C)c7ccc(-c8ccccc8)cc7)cc6)cc5)cc4)ccc2n3-c2ccccc2)cc1. The molecule has 84 heavy (non-hydrogen) atoms. The standard InChI is InChI=1S/C80H61N3Si/c1-58-28-30-63(31-29-58)65-38-54-79-77(56-65)78-57-66(39-55-80(78)83(79)69-22-12-5-13-23-69)64-36-44-71(45-37-64)82(70-42-34-62(35-43-70)60-20-10-4-11-21-60)72-48-52-76(53-49-72)84(73-24-14-6-15-25-73,74-26-16-7-17-27-74)75-50-46-68(47-51-75)81(2)67-40-32-61(33-41-67)59-18-8-3-9-19-59/h3-57H,1-2H3. The third-order valence-corrected chi connectivity index (χ3v) is 21.7. The van der Waals surface area contributed by atoms with Gasteiger partial charge in [-0.25, -0.2) is 0 Å². The quantitative estimate of drug-likeness (QED) is 0.0794. The largest absolute Gasteiger partial charge is 0.345 e. The van der Waals surface area contributed by atoms with E-state index >= 15 is 0 Å². The van der Waals surface area contributed by atoms with E-state index in [0.29, 0.717) is 0 Å². The van der Waals surface area contributed by atoms with Crippen molar-refractivity contribution in [1.29, 1.82) is 0 Å². The molecule has 0 aliphatic carbocycles. The Hall–Kier alpha value is -10.5. The number of hydrogen-bond donors (Lipinski definition) is 0. The van der Waals surface area contributed by atoms with Crippen molar-refractivity contribution in [1.82, 2.24) is 4.57 Å². The molecule has 1 heterocycles. The van der Waals surface area contributed by atoms with Crippen LogP contribution in [0.2, 0.25) is 0 Å². The summed E-state index contributed by atoms with van der Waals surface area (Å²) in [7, 11) is -0.745. The Kier molecular flexibility index (Phi) is 13.8. The average Bonchev–Trinajstić information content (AvgIpc) is 2.36. The Balaban J connectivity index is 0.851.